The molecular weight excluding hydrogens is 289 g/mol. The molecule has 5 heteroatoms. The van der Waals surface area contributed by atoms with Crippen molar-refractivity contribution in [3.63, 3.8) is 0 Å². The minimum absolute atomic E-state index is 0.00638. The lowest BCUT2D eigenvalue weighted by atomic mass is 10.0. The molecule has 0 saturated heterocycles. The van der Waals surface area contributed by atoms with Crippen LogP contribution in [0, 0.1) is 11.7 Å². The van der Waals surface area contributed by atoms with Gasteiger partial charge >= 0.3 is 0 Å². The summed E-state index contributed by atoms with van der Waals surface area (Å²) in [6.07, 6.45) is -0.755. The molecule has 1 rings (SSSR count). The lowest BCUT2D eigenvalue weighted by Gasteiger charge is -2.14. The first-order valence-corrected chi connectivity index (χ1v) is 6.12. The number of rotatable bonds is 4. The van der Waals surface area contributed by atoms with Crippen LogP contribution >= 0.6 is 15.9 Å². The van der Waals surface area contributed by atoms with Crippen LogP contribution < -0.4 is 5.32 Å². The Labute approximate surface area is 108 Å². The average molecular weight is 304 g/mol. The van der Waals surface area contributed by atoms with Crippen LogP contribution in [0.5, 0.6) is 0 Å². The SMILES string of the molecule is CC(C)C(O)CC(=O)Nc1cc(Br)ccc1F. The minimum Gasteiger partial charge on any atom is -0.392 e. The number of halogens is 2. The zero-order chi connectivity index (χ0) is 13.0. The van der Waals surface area contributed by atoms with E-state index in [1.165, 1.54) is 12.1 Å². The largest absolute Gasteiger partial charge is 0.392 e. The Balaban J connectivity index is 2.65. The smallest absolute Gasteiger partial charge is 0.227 e. The molecule has 0 aliphatic rings. The van der Waals surface area contributed by atoms with Crippen molar-refractivity contribution in [2.75, 3.05) is 5.32 Å². The van der Waals surface area contributed by atoms with Crippen LogP contribution in [0.2, 0.25) is 0 Å². The third kappa shape index (κ3) is 4.44. The number of carbonyl (C=O) groups excluding carboxylic acids is 1. The van der Waals surface area contributed by atoms with Crippen molar-refractivity contribution in [3.8, 4) is 0 Å². The third-order valence-corrected chi connectivity index (χ3v) is 2.86. The number of benzene rings is 1. The van der Waals surface area contributed by atoms with Crippen LogP contribution in [0.1, 0.15) is 20.3 Å². The van der Waals surface area contributed by atoms with Gasteiger partial charge in [-0.3, -0.25) is 4.79 Å². The number of nitrogens with one attached hydrogen (secondary N) is 1. The number of hydrogen-bond donors (Lipinski definition) is 2. The molecule has 0 spiro atoms. The fourth-order valence-electron chi connectivity index (χ4n) is 1.22. The van der Waals surface area contributed by atoms with Gasteiger partial charge in [-0.2, -0.15) is 0 Å². The molecule has 17 heavy (non-hydrogen) atoms. The maximum atomic E-state index is 13.3. The van der Waals surface area contributed by atoms with Gasteiger partial charge in [0.05, 0.1) is 18.2 Å². The van der Waals surface area contributed by atoms with Crippen LogP contribution in [0.3, 0.4) is 0 Å². The van der Waals surface area contributed by atoms with E-state index in [2.05, 4.69) is 21.2 Å². The Kier molecular flexibility index (Phi) is 5.08. The summed E-state index contributed by atoms with van der Waals surface area (Å²) in [5.41, 5.74) is 0.111. The maximum absolute atomic E-state index is 13.3. The second-order valence-corrected chi connectivity index (χ2v) is 5.10. The molecule has 0 aliphatic heterocycles. The van der Waals surface area contributed by atoms with Crippen molar-refractivity contribution in [3.05, 3.63) is 28.5 Å². The number of carbonyl (C=O) groups is 1. The molecule has 1 aromatic rings. The molecule has 0 heterocycles. The molecule has 0 aromatic heterocycles. The zero-order valence-electron chi connectivity index (χ0n) is 9.71. The van der Waals surface area contributed by atoms with Crippen molar-refractivity contribution in [1.29, 1.82) is 0 Å². The molecule has 0 fully saturated rings. The predicted octanol–water partition coefficient (Wildman–Crippen LogP) is 2.93. The van der Waals surface area contributed by atoms with E-state index in [4.69, 9.17) is 0 Å². The van der Waals surface area contributed by atoms with Crippen LogP contribution in [-0.4, -0.2) is 17.1 Å². The van der Waals surface area contributed by atoms with Crippen molar-refractivity contribution >= 4 is 27.5 Å². The maximum Gasteiger partial charge on any atom is 0.227 e. The number of aliphatic hydroxyl groups is 1. The monoisotopic (exact) mass is 303 g/mol. The highest BCUT2D eigenvalue weighted by molar-refractivity contribution is 9.10. The second kappa shape index (κ2) is 6.12. The minimum atomic E-state index is -0.717. The summed E-state index contributed by atoms with van der Waals surface area (Å²) in [6.45, 7) is 3.63. The number of anilines is 1. The van der Waals surface area contributed by atoms with Crippen LogP contribution in [0.25, 0.3) is 0 Å². The molecule has 94 valence electrons. The Morgan fingerprint density at radius 2 is 2.18 bits per heavy atom. The molecule has 1 atom stereocenters. The highest BCUT2D eigenvalue weighted by atomic mass is 79.9. The summed E-state index contributed by atoms with van der Waals surface area (Å²) in [6, 6.07) is 4.29. The van der Waals surface area contributed by atoms with Gasteiger partial charge in [0, 0.05) is 4.47 Å². The lowest BCUT2D eigenvalue weighted by molar-refractivity contribution is -0.118. The standard InChI is InChI=1S/C12H15BrFNO2/c1-7(2)11(16)6-12(17)15-10-5-8(13)3-4-9(10)14/h3-5,7,11,16H,6H2,1-2H3,(H,15,17). The van der Waals surface area contributed by atoms with E-state index >= 15 is 0 Å². The van der Waals surface area contributed by atoms with E-state index < -0.39 is 17.8 Å². The first-order valence-electron chi connectivity index (χ1n) is 5.33. The number of amides is 1. The summed E-state index contributed by atoms with van der Waals surface area (Å²) in [7, 11) is 0. The first-order chi connectivity index (χ1) is 7.90. The highest BCUT2D eigenvalue weighted by Gasteiger charge is 2.15. The Hall–Kier alpha value is -0.940. The lowest BCUT2D eigenvalue weighted by Crippen LogP contribution is -2.24. The van der Waals surface area contributed by atoms with Crippen LogP contribution in [0.15, 0.2) is 22.7 Å². The molecule has 3 nitrogen and oxygen atoms in total. The van der Waals surface area contributed by atoms with E-state index in [0.717, 1.165) is 0 Å². The van der Waals surface area contributed by atoms with E-state index in [0.29, 0.717) is 4.47 Å². The third-order valence-electron chi connectivity index (χ3n) is 2.37. The van der Waals surface area contributed by atoms with Gasteiger partial charge in [0.15, 0.2) is 0 Å². The van der Waals surface area contributed by atoms with Gasteiger partial charge in [0.2, 0.25) is 5.91 Å². The summed E-state index contributed by atoms with van der Waals surface area (Å²) in [5, 5.41) is 12.0. The second-order valence-electron chi connectivity index (χ2n) is 4.19. The molecule has 0 saturated carbocycles. The summed E-state index contributed by atoms with van der Waals surface area (Å²) < 4.78 is 14.0. The Morgan fingerprint density at radius 1 is 1.53 bits per heavy atom. The fraction of sp³-hybridized carbons (Fsp3) is 0.417. The van der Waals surface area contributed by atoms with Crippen molar-refractivity contribution in [2.24, 2.45) is 5.92 Å². The van der Waals surface area contributed by atoms with Crippen molar-refractivity contribution in [1.82, 2.24) is 0 Å². The molecule has 0 bridgehead atoms. The Bertz CT molecular complexity index is 409. The van der Waals surface area contributed by atoms with Gasteiger partial charge in [0.25, 0.3) is 0 Å². The fourth-order valence-corrected chi connectivity index (χ4v) is 1.58. The summed E-state index contributed by atoms with van der Waals surface area (Å²) >= 11 is 3.19. The van der Waals surface area contributed by atoms with Gasteiger partial charge < -0.3 is 10.4 Å². The quantitative estimate of drug-likeness (QED) is 0.898. The molecule has 2 N–H and O–H groups in total. The molecule has 1 unspecified atom stereocenters. The van der Waals surface area contributed by atoms with Gasteiger partial charge in [-0.15, -0.1) is 0 Å². The summed E-state index contributed by atoms with van der Waals surface area (Å²) in [5.74, 6) is -0.906. The predicted molar refractivity (Wildman–Crippen MR) is 68.2 cm³/mol. The van der Waals surface area contributed by atoms with Gasteiger partial charge in [-0.1, -0.05) is 29.8 Å². The molecule has 0 radical (unpaired) electrons. The molecular formula is C12H15BrFNO2. The normalized spacial score (nSPS) is 12.6. The highest BCUT2D eigenvalue weighted by Crippen LogP contribution is 2.20. The topological polar surface area (TPSA) is 49.3 Å². The van der Waals surface area contributed by atoms with E-state index in [9.17, 15) is 14.3 Å². The van der Waals surface area contributed by atoms with Crippen LogP contribution in [-0.2, 0) is 4.79 Å². The van der Waals surface area contributed by atoms with Gasteiger partial charge in [0.1, 0.15) is 5.82 Å². The number of aliphatic hydroxyl groups excluding tert-OH is 1. The van der Waals surface area contributed by atoms with E-state index in [-0.39, 0.29) is 18.0 Å². The molecule has 0 aliphatic carbocycles. The molecule has 1 aromatic carbocycles. The van der Waals surface area contributed by atoms with Gasteiger partial charge in [-0.05, 0) is 24.1 Å². The van der Waals surface area contributed by atoms with Gasteiger partial charge in [-0.25, -0.2) is 4.39 Å². The summed E-state index contributed by atoms with van der Waals surface area (Å²) in [4.78, 5) is 11.5. The van der Waals surface area contributed by atoms with Crippen molar-refractivity contribution < 1.29 is 14.3 Å². The average Bonchev–Trinajstić information content (AvgIpc) is 2.23. The van der Waals surface area contributed by atoms with Crippen molar-refractivity contribution in [2.45, 2.75) is 26.4 Å². The van der Waals surface area contributed by atoms with E-state index in [1.807, 2.05) is 13.8 Å². The zero-order valence-corrected chi connectivity index (χ0v) is 11.3. The Morgan fingerprint density at radius 3 is 2.76 bits per heavy atom. The van der Waals surface area contributed by atoms with E-state index in [1.54, 1.807) is 6.07 Å². The molecule has 1 amide bonds. The first kappa shape index (κ1) is 14.1. The van der Waals surface area contributed by atoms with Crippen LogP contribution in [0.4, 0.5) is 10.1 Å². The number of hydrogen-bond acceptors (Lipinski definition) is 2.